The summed E-state index contributed by atoms with van der Waals surface area (Å²) < 4.78 is 0. The number of hydrogen-bond acceptors (Lipinski definition) is 3. The average Bonchev–Trinajstić information content (AvgIpc) is 2.85. The first kappa shape index (κ1) is 12.5. The van der Waals surface area contributed by atoms with E-state index in [0.29, 0.717) is 12.0 Å². The number of aromatic nitrogens is 2. The number of aryl methyl sites for hydroxylation is 1. The molecule has 1 saturated carbocycles. The van der Waals surface area contributed by atoms with Gasteiger partial charge in [0.2, 0.25) is 0 Å². The van der Waals surface area contributed by atoms with Crippen LogP contribution in [0.1, 0.15) is 31.7 Å². The standard InChI is InChI=1S/C15H21N3O/c1-9-3-4-11(19)7-13(9)18-14-10(2)8-17-15-12(14)5-6-16-15/h5-6,8-9,11,13,19H,3-4,7H2,1-2H3,(H2,16,17,18)/t9-,11-,13-/m1/s1. The summed E-state index contributed by atoms with van der Waals surface area (Å²) in [4.78, 5) is 7.53. The van der Waals surface area contributed by atoms with E-state index in [0.717, 1.165) is 41.5 Å². The maximum Gasteiger partial charge on any atom is 0.139 e. The molecule has 0 spiro atoms. The Kier molecular flexibility index (Phi) is 3.19. The number of nitrogens with zero attached hydrogens (tertiary/aromatic N) is 1. The fraction of sp³-hybridized carbons (Fsp3) is 0.533. The number of anilines is 1. The lowest BCUT2D eigenvalue weighted by Crippen LogP contribution is -2.36. The molecule has 0 unspecified atom stereocenters. The van der Waals surface area contributed by atoms with Crippen LogP contribution in [-0.2, 0) is 0 Å². The van der Waals surface area contributed by atoms with E-state index in [-0.39, 0.29) is 6.10 Å². The highest BCUT2D eigenvalue weighted by molar-refractivity contribution is 5.91. The van der Waals surface area contributed by atoms with Gasteiger partial charge in [0, 0.05) is 29.5 Å². The predicted molar refractivity (Wildman–Crippen MR) is 77.3 cm³/mol. The molecule has 3 N–H and O–H groups in total. The monoisotopic (exact) mass is 259 g/mol. The smallest absolute Gasteiger partial charge is 0.139 e. The van der Waals surface area contributed by atoms with Crippen molar-refractivity contribution in [1.29, 1.82) is 0 Å². The van der Waals surface area contributed by atoms with Crippen LogP contribution in [0.4, 0.5) is 5.69 Å². The van der Waals surface area contributed by atoms with Gasteiger partial charge in [-0.25, -0.2) is 4.98 Å². The minimum Gasteiger partial charge on any atom is -0.393 e. The second-order valence-corrected chi connectivity index (χ2v) is 5.75. The van der Waals surface area contributed by atoms with Crippen LogP contribution in [0, 0.1) is 12.8 Å². The van der Waals surface area contributed by atoms with E-state index in [1.807, 2.05) is 12.4 Å². The number of pyridine rings is 1. The summed E-state index contributed by atoms with van der Waals surface area (Å²) in [6.45, 7) is 4.33. The Bertz CT molecular complexity index is 578. The first-order chi connectivity index (χ1) is 9.15. The molecule has 2 heterocycles. The zero-order valence-corrected chi connectivity index (χ0v) is 11.5. The second-order valence-electron chi connectivity index (χ2n) is 5.75. The van der Waals surface area contributed by atoms with Gasteiger partial charge in [-0.05, 0) is 43.7 Å². The van der Waals surface area contributed by atoms with Gasteiger partial charge < -0.3 is 15.4 Å². The Morgan fingerprint density at radius 3 is 3.11 bits per heavy atom. The van der Waals surface area contributed by atoms with Gasteiger partial charge in [0.15, 0.2) is 0 Å². The molecule has 1 aliphatic carbocycles. The molecule has 4 heteroatoms. The van der Waals surface area contributed by atoms with Crippen LogP contribution < -0.4 is 5.32 Å². The van der Waals surface area contributed by atoms with E-state index in [9.17, 15) is 5.11 Å². The van der Waals surface area contributed by atoms with Crippen molar-refractivity contribution in [2.24, 2.45) is 5.92 Å². The zero-order valence-electron chi connectivity index (χ0n) is 11.5. The van der Waals surface area contributed by atoms with Crippen molar-refractivity contribution < 1.29 is 5.11 Å². The van der Waals surface area contributed by atoms with Crippen LogP contribution in [-0.4, -0.2) is 27.2 Å². The highest BCUT2D eigenvalue weighted by atomic mass is 16.3. The molecule has 0 amide bonds. The van der Waals surface area contributed by atoms with E-state index < -0.39 is 0 Å². The van der Waals surface area contributed by atoms with Crippen molar-refractivity contribution in [2.75, 3.05) is 5.32 Å². The van der Waals surface area contributed by atoms with Gasteiger partial charge in [-0.3, -0.25) is 0 Å². The minimum atomic E-state index is -0.169. The summed E-state index contributed by atoms with van der Waals surface area (Å²) in [5.41, 5.74) is 3.22. The molecule has 2 aromatic rings. The van der Waals surface area contributed by atoms with Crippen LogP contribution in [0.3, 0.4) is 0 Å². The number of aromatic amines is 1. The van der Waals surface area contributed by atoms with E-state index in [1.54, 1.807) is 0 Å². The van der Waals surface area contributed by atoms with Gasteiger partial charge >= 0.3 is 0 Å². The number of aliphatic hydroxyl groups is 1. The summed E-state index contributed by atoms with van der Waals surface area (Å²) in [5.74, 6) is 0.588. The Hall–Kier alpha value is -1.55. The van der Waals surface area contributed by atoms with Gasteiger partial charge in [0.1, 0.15) is 5.65 Å². The Labute approximate surface area is 113 Å². The van der Waals surface area contributed by atoms with E-state index in [2.05, 4.69) is 35.2 Å². The number of nitrogens with one attached hydrogen (secondary N) is 2. The van der Waals surface area contributed by atoms with Crippen LogP contribution in [0.15, 0.2) is 18.5 Å². The fourth-order valence-corrected chi connectivity index (χ4v) is 2.99. The minimum absolute atomic E-state index is 0.169. The molecule has 0 saturated heterocycles. The molecule has 1 fully saturated rings. The molecule has 102 valence electrons. The van der Waals surface area contributed by atoms with E-state index in [4.69, 9.17) is 0 Å². The molecule has 0 radical (unpaired) electrons. The van der Waals surface area contributed by atoms with Crippen molar-refractivity contribution >= 4 is 16.7 Å². The molecule has 4 nitrogen and oxygen atoms in total. The molecule has 0 aliphatic heterocycles. The SMILES string of the molecule is Cc1cnc2[nH]ccc2c1N[C@@H]1C[C@H](O)CC[C@H]1C. The second kappa shape index (κ2) is 4.85. The lowest BCUT2D eigenvalue weighted by molar-refractivity contribution is 0.105. The molecule has 19 heavy (non-hydrogen) atoms. The molecule has 0 aromatic carbocycles. The molecule has 3 atom stereocenters. The third-order valence-corrected chi connectivity index (χ3v) is 4.27. The van der Waals surface area contributed by atoms with Gasteiger partial charge in [0.05, 0.1) is 6.10 Å². The number of rotatable bonds is 2. The quantitative estimate of drug-likeness (QED) is 0.777. The third-order valence-electron chi connectivity index (χ3n) is 4.27. The largest absolute Gasteiger partial charge is 0.393 e. The van der Waals surface area contributed by atoms with Gasteiger partial charge in [-0.15, -0.1) is 0 Å². The summed E-state index contributed by atoms with van der Waals surface area (Å²) in [7, 11) is 0. The van der Waals surface area contributed by atoms with E-state index in [1.165, 1.54) is 0 Å². The highest BCUT2D eigenvalue weighted by Crippen LogP contribution is 2.31. The van der Waals surface area contributed by atoms with Crippen molar-refractivity contribution in [3.63, 3.8) is 0 Å². The van der Waals surface area contributed by atoms with Gasteiger partial charge in [-0.2, -0.15) is 0 Å². The third kappa shape index (κ3) is 2.32. The number of hydrogen-bond donors (Lipinski definition) is 3. The maximum absolute atomic E-state index is 9.86. The van der Waals surface area contributed by atoms with Crippen LogP contribution in [0.25, 0.3) is 11.0 Å². The summed E-state index contributed by atoms with van der Waals surface area (Å²) in [6, 6.07) is 2.39. The summed E-state index contributed by atoms with van der Waals surface area (Å²) in [6.07, 6.45) is 6.48. The van der Waals surface area contributed by atoms with Crippen LogP contribution >= 0.6 is 0 Å². The fourth-order valence-electron chi connectivity index (χ4n) is 2.99. The lowest BCUT2D eigenvalue weighted by atomic mass is 9.84. The summed E-state index contributed by atoms with van der Waals surface area (Å²) in [5, 5.41) is 14.6. The number of fused-ring (bicyclic) bond motifs is 1. The predicted octanol–water partition coefficient (Wildman–Crippen LogP) is 2.83. The van der Waals surface area contributed by atoms with Gasteiger partial charge in [0.25, 0.3) is 0 Å². The zero-order chi connectivity index (χ0) is 13.4. The lowest BCUT2D eigenvalue weighted by Gasteiger charge is -2.33. The first-order valence-electron chi connectivity index (χ1n) is 7.02. The maximum atomic E-state index is 9.86. The van der Waals surface area contributed by atoms with Crippen LogP contribution in [0.2, 0.25) is 0 Å². The molecular formula is C15H21N3O. The normalized spacial score (nSPS) is 27.6. The Morgan fingerprint density at radius 2 is 2.26 bits per heavy atom. The molecular weight excluding hydrogens is 238 g/mol. The number of aliphatic hydroxyl groups excluding tert-OH is 1. The molecule has 1 aliphatic rings. The molecule has 3 rings (SSSR count). The van der Waals surface area contributed by atoms with Gasteiger partial charge in [-0.1, -0.05) is 6.92 Å². The Morgan fingerprint density at radius 1 is 1.42 bits per heavy atom. The van der Waals surface area contributed by atoms with Crippen LogP contribution in [0.5, 0.6) is 0 Å². The van der Waals surface area contributed by atoms with E-state index >= 15 is 0 Å². The first-order valence-corrected chi connectivity index (χ1v) is 7.02. The summed E-state index contributed by atoms with van der Waals surface area (Å²) >= 11 is 0. The van der Waals surface area contributed by atoms with Crippen molar-refractivity contribution in [3.05, 3.63) is 24.0 Å². The molecule has 2 aromatic heterocycles. The van der Waals surface area contributed by atoms with Crippen molar-refractivity contribution in [3.8, 4) is 0 Å². The topological polar surface area (TPSA) is 60.9 Å². The number of H-pyrrole nitrogens is 1. The average molecular weight is 259 g/mol. The molecule has 0 bridgehead atoms. The van der Waals surface area contributed by atoms with Crippen molar-refractivity contribution in [2.45, 2.75) is 45.3 Å². The highest BCUT2D eigenvalue weighted by Gasteiger charge is 2.27. The van der Waals surface area contributed by atoms with Crippen molar-refractivity contribution in [1.82, 2.24) is 9.97 Å². The Balaban J connectivity index is 1.91.